The van der Waals surface area contributed by atoms with Crippen molar-refractivity contribution in [2.45, 2.75) is 19.5 Å². The van der Waals surface area contributed by atoms with Gasteiger partial charge in [0.1, 0.15) is 11.6 Å². The summed E-state index contributed by atoms with van der Waals surface area (Å²) in [6.45, 7) is 1.48. The van der Waals surface area contributed by atoms with Gasteiger partial charge in [0.2, 0.25) is 10.0 Å². The van der Waals surface area contributed by atoms with Crippen LogP contribution in [0.25, 0.3) is 0 Å². The van der Waals surface area contributed by atoms with E-state index in [2.05, 4.69) is 5.32 Å². The van der Waals surface area contributed by atoms with Crippen molar-refractivity contribution >= 4 is 21.6 Å². The number of ether oxygens (including phenoxy) is 3. The molecule has 0 aromatic heterocycles. The van der Waals surface area contributed by atoms with Crippen LogP contribution < -0.4 is 23.8 Å². The van der Waals surface area contributed by atoms with Gasteiger partial charge >= 0.3 is 0 Å². The lowest BCUT2D eigenvalue weighted by atomic mass is 10.1. The minimum Gasteiger partial charge on any atom is -0.497 e. The van der Waals surface area contributed by atoms with E-state index in [1.165, 1.54) is 44.6 Å². The van der Waals surface area contributed by atoms with E-state index in [0.717, 1.165) is 16.1 Å². The van der Waals surface area contributed by atoms with Crippen molar-refractivity contribution in [1.82, 2.24) is 5.32 Å². The SMILES string of the molecule is COc1ccc([C@@H](C)NC(=O)c2cc(OC)c(OC)cc2N(Cc2ccccc2F)S(C)(=O)=O)cc1. The number of carbonyl (C=O) groups excluding carboxylic acids is 1. The lowest BCUT2D eigenvalue weighted by Crippen LogP contribution is -2.33. The quantitative estimate of drug-likeness (QED) is 0.432. The highest BCUT2D eigenvalue weighted by Crippen LogP contribution is 2.37. The van der Waals surface area contributed by atoms with E-state index in [1.54, 1.807) is 32.2 Å². The molecule has 0 saturated carbocycles. The maximum absolute atomic E-state index is 14.4. The molecule has 1 atom stereocenters. The van der Waals surface area contributed by atoms with Gasteiger partial charge < -0.3 is 19.5 Å². The van der Waals surface area contributed by atoms with Gasteiger partial charge in [0.25, 0.3) is 5.91 Å². The zero-order valence-corrected chi connectivity index (χ0v) is 21.6. The number of nitrogens with one attached hydrogen (secondary N) is 1. The number of anilines is 1. The second-order valence-corrected chi connectivity index (χ2v) is 9.96. The zero-order valence-electron chi connectivity index (χ0n) is 20.7. The number of rotatable bonds is 10. The maximum Gasteiger partial charge on any atom is 0.254 e. The topological polar surface area (TPSA) is 94.2 Å². The minimum absolute atomic E-state index is 0.0229. The predicted molar refractivity (Wildman–Crippen MR) is 136 cm³/mol. The molecule has 0 aliphatic heterocycles. The van der Waals surface area contributed by atoms with Crippen molar-refractivity contribution < 1.29 is 31.8 Å². The highest BCUT2D eigenvalue weighted by molar-refractivity contribution is 7.92. The average Bonchev–Trinajstić information content (AvgIpc) is 2.86. The molecule has 8 nitrogen and oxygen atoms in total. The Kier molecular flexibility index (Phi) is 8.41. The largest absolute Gasteiger partial charge is 0.497 e. The molecule has 3 rings (SSSR count). The Morgan fingerprint density at radius 1 is 0.972 bits per heavy atom. The summed E-state index contributed by atoms with van der Waals surface area (Å²) in [4.78, 5) is 13.5. The molecule has 1 N–H and O–H groups in total. The first-order chi connectivity index (χ1) is 17.1. The fraction of sp³-hybridized carbons (Fsp3) is 0.269. The van der Waals surface area contributed by atoms with E-state index in [-0.39, 0.29) is 34.9 Å². The van der Waals surface area contributed by atoms with Crippen molar-refractivity contribution in [2.24, 2.45) is 0 Å². The van der Waals surface area contributed by atoms with Gasteiger partial charge in [-0.3, -0.25) is 9.10 Å². The van der Waals surface area contributed by atoms with Crippen LogP contribution in [0.4, 0.5) is 10.1 Å². The van der Waals surface area contributed by atoms with Crippen LogP contribution in [0.2, 0.25) is 0 Å². The molecular formula is C26H29FN2O6S. The first-order valence-electron chi connectivity index (χ1n) is 11.0. The smallest absolute Gasteiger partial charge is 0.254 e. The predicted octanol–water partition coefficient (Wildman–Crippen LogP) is 4.31. The van der Waals surface area contributed by atoms with Gasteiger partial charge in [-0.25, -0.2) is 12.8 Å². The average molecular weight is 517 g/mol. The van der Waals surface area contributed by atoms with Crippen LogP contribution in [0.1, 0.15) is 34.5 Å². The molecule has 0 heterocycles. The molecule has 3 aromatic rings. The summed E-state index contributed by atoms with van der Waals surface area (Å²) >= 11 is 0. The van der Waals surface area contributed by atoms with Gasteiger partial charge in [-0.05, 0) is 36.8 Å². The molecule has 0 spiro atoms. The Morgan fingerprint density at radius 2 is 1.58 bits per heavy atom. The van der Waals surface area contributed by atoms with Crippen LogP contribution in [-0.4, -0.2) is 41.9 Å². The van der Waals surface area contributed by atoms with Gasteiger partial charge in [-0.15, -0.1) is 0 Å². The van der Waals surface area contributed by atoms with Crippen molar-refractivity contribution in [1.29, 1.82) is 0 Å². The minimum atomic E-state index is -3.95. The van der Waals surface area contributed by atoms with Crippen LogP contribution >= 0.6 is 0 Å². The van der Waals surface area contributed by atoms with E-state index in [0.29, 0.717) is 5.75 Å². The number of benzene rings is 3. The summed E-state index contributed by atoms with van der Waals surface area (Å²) in [5.74, 6) is 0.0240. The van der Waals surface area contributed by atoms with Crippen LogP contribution in [0.15, 0.2) is 60.7 Å². The molecular weight excluding hydrogens is 487 g/mol. The molecule has 3 aromatic carbocycles. The zero-order chi connectivity index (χ0) is 26.5. The number of amides is 1. The van der Waals surface area contributed by atoms with E-state index in [9.17, 15) is 17.6 Å². The van der Waals surface area contributed by atoms with Crippen molar-refractivity contribution in [3.63, 3.8) is 0 Å². The number of methoxy groups -OCH3 is 3. The summed E-state index contributed by atoms with van der Waals surface area (Å²) in [5, 5.41) is 2.89. The molecule has 192 valence electrons. The van der Waals surface area contributed by atoms with E-state index < -0.39 is 27.8 Å². The second-order valence-electron chi connectivity index (χ2n) is 8.05. The summed E-state index contributed by atoms with van der Waals surface area (Å²) in [6, 6.07) is 15.4. The lowest BCUT2D eigenvalue weighted by Gasteiger charge is -2.26. The van der Waals surface area contributed by atoms with Gasteiger partial charge in [0.05, 0.1) is 51.4 Å². The second kappa shape index (κ2) is 11.3. The molecule has 0 fully saturated rings. The molecule has 0 radical (unpaired) electrons. The highest BCUT2D eigenvalue weighted by atomic mass is 32.2. The number of sulfonamides is 1. The van der Waals surface area contributed by atoms with Gasteiger partial charge in [-0.1, -0.05) is 30.3 Å². The molecule has 0 bridgehead atoms. The fourth-order valence-corrected chi connectivity index (χ4v) is 4.55. The molecule has 36 heavy (non-hydrogen) atoms. The monoisotopic (exact) mass is 516 g/mol. The highest BCUT2D eigenvalue weighted by Gasteiger charge is 2.28. The number of hydrogen-bond donors (Lipinski definition) is 1. The summed E-state index contributed by atoms with van der Waals surface area (Å²) in [5.41, 5.74) is 1.01. The fourth-order valence-electron chi connectivity index (χ4n) is 3.67. The Hall–Kier alpha value is -3.79. The van der Waals surface area contributed by atoms with E-state index >= 15 is 0 Å². The third-order valence-corrected chi connectivity index (χ3v) is 6.78. The van der Waals surface area contributed by atoms with Crippen LogP contribution in [0, 0.1) is 5.82 Å². The molecule has 0 aliphatic carbocycles. The number of halogens is 1. The maximum atomic E-state index is 14.4. The summed E-state index contributed by atoms with van der Waals surface area (Å²) in [6.07, 6.45) is 0.992. The Bertz CT molecular complexity index is 1330. The molecule has 10 heteroatoms. The van der Waals surface area contributed by atoms with Gasteiger partial charge in [0, 0.05) is 11.6 Å². The van der Waals surface area contributed by atoms with Crippen LogP contribution in [0.5, 0.6) is 17.2 Å². The lowest BCUT2D eigenvalue weighted by molar-refractivity contribution is 0.0940. The standard InChI is InChI=1S/C26H29FN2O6S/c1-17(18-10-12-20(33-2)13-11-18)28-26(30)21-14-24(34-3)25(35-4)15-23(21)29(36(5,31)32)16-19-8-6-7-9-22(19)27/h6-15,17H,16H2,1-5H3,(H,28,30)/t17-/m1/s1. The first kappa shape index (κ1) is 26.8. The number of nitrogens with zero attached hydrogens (tertiary/aromatic N) is 1. The van der Waals surface area contributed by atoms with E-state index in [4.69, 9.17) is 14.2 Å². The number of carbonyl (C=O) groups is 1. The first-order valence-corrected chi connectivity index (χ1v) is 12.9. The Labute approximate surface area is 210 Å². The Balaban J connectivity index is 2.07. The molecule has 0 saturated heterocycles. The normalized spacial score (nSPS) is 11.9. The Morgan fingerprint density at radius 3 is 2.14 bits per heavy atom. The molecule has 0 unspecified atom stereocenters. The molecule has 0 aliphatic rings. The van der Waals surface area contributed by atoms with Crippen molar-refractivity contribution in [3.8, 4) is 17.2 Å². The van der Waals surface area contributed by atoms with Gasteiger partial charge in [0.15, 0.2) is 11.5 Å². The third-order valence-electron chi connectivity index (χ3n) is 5.65. The van der Waals surface area contributed by atoms with Crippen LogP contribution in [0.3, 0.4) is 0 Å². The third kappa shape index (κ3) is 6.06. The number of hydrogen-bond acceptors (Lipinski definition) is 6. The summed E-state index contributed by atoms with van der Waals surface area (Å²) < 4.78 is 57.0. The molecule has 1 amide bonds. The summed E-state index contributed by atoms with van der Waals surface area (Å²) in [7, 11) is 0.425. The van der Waals surface area contributed by atoms with Gasteiger partial charge in [-0.2, -0.15) is 0 Å². The van der Waals surface area contributed by atoms with Crippen molar-refractivity contribution in [3.05, 3.63) is 83.2 Å². The van der Waals surface area contributed by atoms with E-state index in [1.807, 2.05) is 12.1 Å². The van der Waals surface area contributed by atoms with Crippen LogP contribution in [-0.2, 0) is 16.6 Å². The van der Waals surface area contributed by atoms with Crippen molar-refractivity contribution in [2.75, 3.05) is 31.9 Å².